The molecule has 2 aromatic carbocycles. The molecule has 6 nitrogen and oxygen atoms in total. The van der Waals surface area contributed by atoms with Gasteiger partial charge in [0.15, 0.2) is 0 Å². The number of hydrogen-bond donors (Lipinski definition) is 1. The van der Waals surface area contributed by atoms with Crippen molar-refractivity contribution in [2.75, 3.05) is 26.9 Å². The van der Waals surface area contributed by atoms with Gasteiger partial charge in [-0.3, -0.25) is 9.59 Å². The highest BCUT2D eigenvalue weighted by molar-refractivity contribution is 5.82. The third-order valence-electron chi connectivity index (χ3n) is 5.74. The number of rotatable bonds is 10. The van der Waals surface area contributed by atoms with Gasteiger partial charge < -0.3 is 19.7 Å². The Morgan fingerprint density at radius 3 is 2.35 bits per heavy atom. The third-order valence-corrected chi connectivity index (χ3v) is 5.74. The first-order chi connectivity index (χ1) is 15.1. The summed E-state index contributed by atoms with van der Waals surface area (Å²) in [6.45, 7) is 3.69. The zero-order chi connectivity index (χ0) is 22.1. The lowest BCUT2D eigenvalue weighted by Crippen LogP contribution is -2.46. The van der Waals surface area contributed by atoms with Gasteiger partial charge in [-0.05, 0) is 43.4 Å². The predicted molar refractivity (Wildman–Crippen MR) is 119 cm³/mol. The Labute approximate surface area is 184 Å². The van der Waals surface area contributed by atoms with Crippen molar-refractivity contribution in [3.63, 3.8) is 0 Å². The van der Waals surface area contributed by atoms with Gasteiger partial charge in [-0.15, -0.1) is 0 Å². The van der Waals surface area contributed by atoms with E-state index >= 15 is 0 Å². The van der Waals surface area contributed by atoms with E-state index in [1.165, 1.54) is 7.11 Å². The quantitative estimate of drug-likeness (QED) is 0.636. The molecule has 0 unspecified atom stereocenters. The number of amides is 2. The van der Waals surface area contributed by atoms with E-state index in [9.17, 15) is 9.59 Å². The molecular weight excluding hydrogens is 392 g/mol. The zero-order valence-electron chi connectivity index (χ0n) is 18.3. The van der Waals surface area contributed by atoms with Crippen LogP contribution in [0.2, 0.25) is 0 Å². The highest BCUT2D eigenvalue weighted by Crippen LogP contribution is 2.34. The molecular formula is C25H32N2O4. The molecule has 166 valence electrons. The van der Waals surface area contributed by atoms with Gasteiger partial charge in [-0.25, -0.2) is 0 Å². The van der Waals surface area contributed by atoms with Crippen molar-refractivity contribution in [1.29, 1.82) is 0 Å². The molecule has 0 aliphatic heterocycles. The molecule has 31 heavy (non-hydrogen) atoms. The van der Waals surface area contributed by atoms with Crippen LogP contribution in [0, 0.1) is 11.8 Å². The maximum atomic E-state index is 13.5. The van der Waals surface area contributed by atoms with Crippen LogP contribution < -0.4 is 10.1 Å². The topological polar surface area (TPSA) is 67.9 Å². The van der Waals surface area contributed by atoms with Crippen molar-refractivity contribution < 1.29 is 19.1 Å². The number of ether oxygens (including phenoxy) is 2. The van der Waals surface area contributed by atoms with Crippen LogP contribution in [0.4, 0.5) is 0 Å². The molecule has 0 aromatic heterocycles. The summed E-state index contributed by atoms with van der Waals surface area (Å²) in [5.41, 5.74) is 1.10. The first kappa shape index (κ1) is 22.8. The fourth-order valence-electron chi connectivity index (χ4n) is 4.21. The molecule has 2 aromatic rings. The van der Waals surface area contributed by atoms with Gasteiger partial charge in [0.1, 0.15) is 12.4 Å². The first-order valence-electron chi connectivity index (χ1n) is 10.9. The zero-order valence-corrected chi connectivity index (χ0v) is 18.3. The van der Waals surface area contributed by atoms with Crippen molar-refractivity contribution in [2.45, 2.75) is 32.4 Å². The highest BCUT2D eigenvalue weighted by atomic mass is 16.5. The largest absolute Gasteiger partial charge is 0.493 e. The van der Waals surface area contributed by atoms with E-state index < -0.39 is 0 Å². The van der Waals surface area contributed by atoms with Crippen LogP contribution in [0.5, 0.6) is 5.75 Å². The number of hydrogen-bond acceptors (Lipinski definition) is 4. The Bertz CT molecular complexity index is 828. The van der Waals surface area contributed by atoms with E-state index in [-0.39, 0.29) is 36.3 Å². The van der Waals surface area contributed by atoms with Crippen LogP contribution in [0.3, 0.4) is 0 Å². The number of nitrogens with zero attached hydrogens (tertiary/aromatic N) is 1. The molecule has 0 radical (unpaired) electrons. The monoisotopic (exact) mass is 424 g/mol. The summed E-state index contributed by atoms with van der Waals surface area (Å²) < 4.78 is 10.9. The second-order valence-corrected chi connectivity index (χ2v) is 8.01. The molecule has 1 N–H and O–H groups in total. The standard InChI is InChI=1S/C25H32N2O4/c1-3-27(16-19-10-6-4-7-11-19)25(29)22-14-20(15-23(22)26-24(28)18-30-2)17-31-21-12-8-5-9-13-21/h4-13,20,22-23H,3,14-18H2,1-2H3,(H,26,28)/t20-,22-,23-/m1/s1. The Balaban J connectivity index is 1.68. The second kappa shape index (κ2) is 11.5. The van der Waals surface area contributed by atoms with E-state index in [4.69, 9.17) is 9.47 Å². The molecule has 0 saturated heterocycles. The van der Waals surface area contributed by atoms with Gasteiger partial charge in [-0.2, -0.15) is 0 Å². The van der Waals surface area contributed by atoms with Crippen molar-refractivity contribution >= 4 is 11.8 Å². The summed E-state index contributed by atoms with van der Waals surface area (Å²) in [7, 11) is 1.49. The van der Waals surface area contributed by atoms with Crippen LogP contribution in [0.15, 0.2) is 60.7 Å². The van der Waals surface area contributed by atoms with Crippen LogP contribution >= 0.6 is 0 Å². The molecule has 0 spiro atoms. The molecule has 6 heteroatoms. The number of para-hydroxylation sites is 1. The van der Waals surface area contributed by atoms with Crippen molar-refractivity contribution in [3.05, 3.63) is 66.2 Å². The average Bonchev–Trinajstić information content (AvgIpc) is 3.19. The van der Waals surface area contributed by atoms with Crippen LogP contribution in [0.25, 0.3) is 0 Å². The SMILES string of the molecule is CCN(Cc1ccccc1)C(=O)[C@@H]1C[C@@H](COc2ccccc2)C[C@H]1NC(=O)COC. The fraction of sp³-hybridized carbons (Fsp3) is 0.440. The van der Waals surface area contributed by atoms with E-state index in [0.717, 1.165) is 11.3 Å². The van der Waals surface area contributed by atoms with Gasteiger partial charge in [0, 0.05) is 26.2 Å². The summed E-state index contributed by atoms with van der Waals surface area (Å²) in [6.07, 6.45) is 1.40. The van der Waals surface area contributed by atoms with Crippen LogP contribution in [-0.4, -0.2) is 49.6 Å². The number of nitrogens with one attached hydrogen (secondary N) is 1. The summed E-state index contributed by atoms with van der Waals surface area (Å²) in [6, 6.07) is 19.4. The minimum atomic E-state index is -0.270. The molecule has 2 amide bonds. The van der Waals surface area contributed by atoms with E-state index in [1.54, 1.807) is 0 Å². The van der Waals surface area contributed by atoms with Crippen LogP contribution in [-0.2, 0) is 20.9 Å². The normalized spacial score (nSPS) is 20.3. The van der Waals surface area contributed by atoms with Crippen molar-refractivity contribution in [1.82, 2.24) is 10.2 Å². The minimum absolute atomic E-state index is 0.00982. The van der Waals surface area contributed by atoms with Crippen molar-refractivity contribution in [3.8, 4) is 5.75 Å². The van der Waals surface area contributed by atoms with Gasteiger partial charge in [0.2, 0.25) is 11.8 Å². The molecule has 0 heterocycles. The average molecular weight is 425 g/mol. The molecule has 1 aliphatic carbocycles. The second-order valence-electron chi connectivity index (χ2n) is 8.01. The highest BCUT2D eigenvalue weighted by Gasteiger charge is 2.41. The molecule has 0 bridgehead atoms. The summed E-state index contributed by atoms with van der Waals surface area (Å²) >= 11 is 0. The fourth-order valence-corrected chi connectivity index (χ4v) is 4.21. The summed E-state index contributed by atoms with van der Waals surface area (Å²) in [5.74, 6) is 0.625. The molecule has 1 saturated carbocycles. The van der Waals surface area contributed by atoms with Crippen LogP contribution in [0.1, 0.15) is 25.3 Å². The minimum Gasteiger partial charge on any atom is -0.493 e. The lowest BCUT2D eigenvalue weighted by atomic mass is 10.0. The number of carbonyl (C=O) groups excluding carboxylic acids is 2. The molecule has 3 rings (SSSR count). The molecule has 3 atom stereocenters. The lowest BCUT2D eigenvalue weighted by molar-refractivity contribution is -0.137. The third kappa shape index (κ3) is 6.56. The Hall–Kier alpha value is -2.86. The summed E-state index contributed by atoms with van der Waals surface area (Å²) in [4.78, 5) is 27.5. The number of carbonyl (C=O) groups is 2. The van der Waals surface area contributed by atoms with Gasteiger partial charge >= 0.3 is 0 Å². The van der Waals surface area contributed by atoms with Crippen molar-refractivity contribution in [2.24, 2.45) is 11.8 Å². The first-order valence-corrected chi connectivity index (χ1v) is 10.9. The Kier molecular flexibility index (Phi) is 8.47. The molecule has 1 fully saturated rings. The molecule has 1 aliphatic rings. The number of methoxy groups -OCH3 is 1. The smallest absolute Gasteiger partial charge is 0.246 e. The number of benzene rings is 2. The van der Waals surface area contributed by atoms with E-state index in [1.807, 2.05) is 72.5 Å². The van der Waals surface area contributed by atoms with E-state index in [0.29, 0.717) is 32.5 Å². The van der Waals surface area contributed by atoms with E-state index in [2.05, 4.69) is 5.32 Å². The van der Waals surface area contributed by atoms with Gasteiger partial charge in [0.05, 0.1) is 12.5 Å². The Morgan fingerprint density at radius 2 is 1.71 bits per heavy atom. The Morgan fingerprint density at radius 1 is 1.03 bits per heavy atom. The summed E-state index contributed by atoms with van der Waals surface area (Å²) in [5, 5.41) is 3.01. The predicted octanol–water partition coefficient (Wildman–Crippen LogP) is 3.27. The van der Waals surface area contributed by atoms with Gasteiger partial charge in [-0.1, -0.05) is 48.5 Å². The maximum absolute atomic E-state index is 13.5. The van der Waals surface area contributed by atoms with Gasteiger partial charge in [0.25, 0.3) is 0 Å². The lowest BCUT2D eigenvalue weighted by Gasteiger charge is -2.28. The maximum Gasteiger partial charge on any atom is 0.246 e.